The molecule has 0 radical (unpaired) electrons. The van der Waals surface area contributed by atoms with Gasteiger partial charge in [-0.1, -0.05) is 12.1 Å². The number of phenolic OH excluding ortho intramolecular Hbond substituents is 1. The second-order valence-electron chi connectivity index (χ2n) is 8.27. The van der Waals surface area contributed by atoms with Crippen LogP contribution >= 0.6 is 0 Å². The smallest absolute Gasteiger partial charge is 0.319 e. The second kappa shape index (κ2) is 8.75. The molecule has 8 heteroatoms. The van der Waals surface area contributed by atoms with Crippen molar-refractivity contribution in [2.24, 2.45) is 16.5 Å². The van der Waals surface area contributed by atoms with Crippen LogP contribution in [0.25, 0.3) is 0 Å². The summed E-state index contributed by atoms with van der Waals surface area (Å²) in [7, 11) is 0. The highest BCUT2D eigenvalue weighted by Gasteiger charge is 2.34. The topological polar surface area (TPSA) is 135 Å². The van der Waals surface area contributed by atoms with Gasteiger partial charge in [0.25, 0.3) is 0 Å². The number of rotatable bonds is 5. The number of nitrogens with zero attached hydrogens (tertiary/aromatic N) is 1. The summed E-state index contributed by atoms with van der Waals surface area (Å²) >= 11 is 0. The van der Waals surface area contributed by atoms with Crippen LogP contribution in [0.4, 0.5) is 16.2 Å². The first-order chi connectivity index (χ1) is 14.6. The highest BCUT2D eigenvalue weighted by Crippen LogP contribution is 2.43. The number of fused-ring (bicyclic) bond motifs is 1. The van der Waals surface area contributed by atoms with Crippen molar-refractivity contribution in [2.45, 2.75) is 52.6 Å². The Morgan fingerprint density at radius 2 is 1.90 bits per heavy atom. The Morgan fingerprint density at radius 3 is 2.61 bits per heavy atom. The lowest BCUT2D eigenvalue weighted by atomic mass is 9.85. The van der Waals surface area contributed by atoms with Crippen molar-refractivity contribution in [3.8, 4) is 11.5 Å². The molecule has 0 saturated carbocycles. The predicted molar refractivity (Wildman–Crippen MR) is 123 cm³/mol. The largest absolute Gasteiger partial charge is 0.507 e. The normalized spacial score (nSPS) is 17.3. The summed E-state index contributed by atoms with van der Waals surface area (Å²) in [5, 5.41) is 16.0. The Bertz CT molecular complexity index is 1030. The van der Waals surface area contributed by atoms with E-state index < -0.39 is 5.60 Å². The minimum atomic E-state index is -0.406. The lowest BCUT2D eigenvalue weighted by molar-refractivity contribution is 0.0559. The fourth-order valence-corrected chi connectivity index (χ4v) is 3.89. The molecule has 8 nitrogen and oxygen atoms in total. The molecule has 1 aliphatic heterocycles. The number of aromatic hydroxyl groups is 1. The molecular weight excluding hydrogens is 394 g/mol. The van der Waals surface area contributed by atoms with Crippen LogP contribution in [0.1, 0.15) is 42.0 Å². The van der Waals surface area contributed by atoms with Gasteiger partial charge in [-0.3, -0.25) is 0 Å². The van der Waals surface area contributed by atoms with Crippen molar-refractivity contribution in [1.29, 1.82) is 0 Å². The molecule has 1 heterocycles. The van der Waals surface area contributed by atoms with Crippen molar-refractivity contribution < 1.29 is 14.6 Å². The molecule has 166 valence electrons. The lowest BCUT2D eigenvalue weighted by Gasteiger charge is -2.38. The maximum absolute atomic E-state index is 12.4. The lowest BCUT2D eigenvalue weighted by Crippen LogP contribution is -2.41. The number of guanidine groups is 1. The number of phenols is 1. The zero-order valence-corrected chi connectivity index (χ0v) is 18.5. The molecule has 31 heavy (non-hydrogen) atoms. The molecule has 2 aromatic rings. The van der Waals surface area contributed by atoms with Crippen LogP contribution in [0.15, 0.2) is 29.3 Å². The summed E-state index contributed by atoms with van der Waals surface area (Å²) in [6.45, 7) is 8.30. The number of carbonyl (C=O) groups excluding carboxylic acids is 1. The number of amides is 2. The number of anilines is 1. The first-order valence-corrected chi connectivity index (χ1v) is 10.4. The maximum atomic E-state index is 12.4. The fraction of sp³-hybridized carbons (Fsp3) is 0.391. The molecule has 0 fully saturated rings. The van der Waals surface area contributed by atoms with E-state index in [4.69, 9.17) is 16.2 Å². The van der Waals surface area contributed by atoms with Gasteiger partial charge in [-0.15, -0.1) is 0 Å². The van der Waals surface area contributed by atoms with Gasteiger partial charge in [0.1, 0.15) is 17.1 Å². The Hall–Kier alpha value is -3.42. The molecule has 1 unspecified atom stereocenters. The third kappa shape index (κ3) is 4.84. The standard InChI is InChI=1S/C23H31N5O3/c1-13-14(2)20-16(15(3)19(13)29)9-10-23(4,31-20)11-12-26-22(30)28-18-8-6-5-7-17(18)27-21(24)25/h5-8,29H,9-12H2,1-4H3,(H4,24,25,27)(H2,26,28,30). The molecule has 0 saturated heterocycles. The van der Waals surface area contributed by atoms with Crippen molar-refractivity contribution in [3.63, 3.8) is 0 Å². The van der Waals surface area contributed by atoms with Gasteiger partial charge < -0.3 is 31.9 Å². The molecular formula is C23H31N5O3. The molecule has 1 atom stereocenters. The molecule has 0 aromatic heterocycles. The first kappa shape index (κ1) is 22.3. The zero-order valence-electron chi connectivity index (χ0n) is 18.5. The molecule has 7 N–H and O–H groups in total. The number of carbonyl (C=O) groups is 1. The molecule has 1 aliphatic rings. The first-order valence-electron chi connectivity index (χ1n) is 10.4. The van der Waals surface area contributed by atoms with E-state index in [9.17, 15) is 9.90 Å². The van der Waals surface area contributed by atoms with Crippen LogP contribution in [-0.2, 0) is 6.42 Å². The van der Waals surface area contributed by atoms with E-state index in [1.807, 2.05) is 20.8 Å². The van der Waals surface area contributed by atoms with Crippen LogP contribution in [0, 0.1) is 20.8 Å². The van der Waals surface area contributed by atoms with Crippen LogP contribution in [0.2, 0.25) is 0 Å². The highest BCUT2D eigenvalue weighted by atomic mass is 16.5. The van der Waals surface area contributed by atoms with E-state index in [1.54, 1.807) is 24.3 Å². The average Bonchev–Trinajstić information content (AvgIpc) is 2.71. The van der Waals surface area contributed by atoms with E-state index >= 15 is 0 Å². The SMILES string of the molecule is Cc1c(C)c2c(c(C)c1O)CCC(C)(CCNC(=O)Nc1ccccc1N=C(N)N)O2. The minimum absolute atomic E-state index is 0.0774. The Kier molecular flexibility index (Phi) is 6.29. The Morgan fingerprint density at radius 1 is 1.19 bits per heavy atom. The van der Waals surface area contributed by atoms with Gasteiger partial charge in [-0.2, -0.15) is 0 Å². The van der Waals surface area contributed by atoms with E-state index in [0.29, 0.717) is 30.1 Å². The van der Waals surface area contributed by atoms with Gasteiger partial charge in [0, 0.05) is 18.5 Å². The van der Waals surface area contributed by atoms with E-state index in [0.717, 1.165) is 40.8 Å². The molecule has 2 aromatic carbocycles. The average molecular weight is 426 g/mol. The summed E-state index contributed by atoms with van der Waals surface area (Å²) in [5.41, 5.74) is 15.3. The summed E-state index contributed by atoms with van der Waals surface area (Å²) < 4.78 is 6.40. The van der Waals surface area contributed by atoms with Crippen molar-refractivity contribution in [3.05, 3.63) is 46.5 Å². The number of urea groups is 1. The van der Waals surface area contributed by atoms with Crippen molar-refractivity contribution in [1.82, 2.24) is 5.32 Å². The number of nitrogens with one attached hydrogen (secondary N) is 2. The summed E-state index contributed by atoms with van der Waals surface area (Å²) in [6, 6.07) is 6.68. The van der Waals surface area contributed by atoms with E-state index in [-0.39, 0.29) is 12.0 Å². The molecule has 3 rings (SSSR count). The molecule has 0 bridgehead atoms. The molecule has 0 aliphatic carbocycles. The Balaban J connectivity index is 1.62. The van der Waals surface area contributed by atoms with Gasteiger partial charge in [0.2, 0.25) is 0 Å². The maximum Gasteiger partial charge on any atom is 0.319 e. The van der Waals surface area contributed by atoms with Gasteiger partial charge in [-0.05, 0) is 69.4 Å². The van der Waals surface area contributed by atoms with Gasteiger partial charge in [-0.25, -0.2) is 9.79 Å². The van der Waals surface area contributed by atoms with Gasteiger partial charge in [0.05, 0.1) is 11.4 Å². The van der Waals surface area contributed by atoms with E-state index in [1.165, 1.54) is 0 Å². The number of ether oxygens (including phenoxy) is 1. The third-order valence-electron chi connectivity index (χ3n) is 5.93. The van der Waals surface area contributed by atoms with E-state index in [2.05, 4.69) is 22.5 Å². The second-order valence-corrected chi connectivity index (χ2v) is 8.27. The number of nitrogens with two attached hydrogens (primary N) is 2. The number of benzene rings is 2. The van der Waals surface area contributed by atoms with Gasteiger partial charge in [0.15, 0.2) is 5.96 Å². The molecule has 0 spiro atoms. The number of para-hydroxylation sites is 2. The Labute approximate surface area is 182 Å². The minimum Gasteiger partial charge on any atom is -0.507 e. The number of aliphatic imine (C=N–C) groups is 1. The monoisotopic (exact) mass is 425 g/mol. The summed E-state index contributed by atoms with van der Waals surface area (Å²) in [6.07, 6.45) is 2.28. The number of hydrogen-bond acceptors (Lipinski definition) is 4. The predicted octanol–water partition coefficient (Wildman–Crippen LogP) is 3.52. The summed E-state index contributed by atoms with van der Waals surface area (Å²) in [5.74, 6) is 1.13. The third-order valence-corrected chi connectivity index (χ3v) is 5.93. The quantitative estimate of drug-likeness (QED) is 0.369. The van der Waals surface area contributed by atoms with Crippen LogP contribution in [0.3, 0.4) is 0 Å². The van der Waals surface area contributed by atoms with Crippen molar-refractivity contribution >= 4 is 23.4 Å². The number of hydrogen-bond donors (Lipinski definition) is 5. The zero-order chi connectivity index (χ0) is 22.8. The summed E-state index contributed by atoms with van der Waals surface area (Å²) in [4.78, 5) is 16.4. The fourth-order valence-electron chi connectivity index (χ4n) is 3.89. The molecule has 2 amide bonds. The van der Waals surface area contributed by atoms with Crippen LogP contribution in [-0.4, -0.2) is 29.2 Å². The highest BCUT2D eigenvalue weighted by molar-refractivity contribution is 5.93. The van der Waals surface area contributed by atoms with Gasteiger partial charge >= 0.3 is 6.03 Å². The van der Waals surface area contributed by atoms with Crippen molar-refractivity contribution in [2.75, 3.05) is 11.9 Å². The van der Waals surface area contributed by atoms with Crippen LogP contribution in [0.5, 0.6) is 11.5 Å². The van der Waals surface area contributed by atoms with Crippen LogP contribution < -0.4 is 26.8 Å².